The van der Waals surface area contributed by atoms with Crippen LogP contribution in [0.25, 0.3) is 11.0 Å². The minimum absolute atomic E-state index is 0.0512. The van der Waals surface area contributed by atoms with Crippen LogP contribution in [0.15, 0.2) is 41.3 Å². The van der Waals surface area contributed by atoms with Crippen LogP contribution in [0.1, 0.15) is 18.5 Å². The number of halogens is 3. The maximum absolute atomic E-state index is 14.1. The molecular weight excluding hydrogens is 402 g/mol. The van der Waals surface area contributed by atoms with Crippen molar-refractivity contribution in [3.05, 3.63) is 58.9 Å². The van der Waals surface area contributed by atoms with E-state index in [1.54, 1.807) is 0 Å². The average molecular weight is 415 g/mol. The number of carboxylic acids is 1. The number of aryl methyl sites for hydroxylation is 1. The molecule has 0 aliphatic heterocycles. The number of carboxylic acid groups (broad SMARTS) is 1. The van der Waals surface area contributed by atoms with Crippen molar-refractivity contribution < 1.29 is 27.1 Å². The van der Waals surface area contributed by atoms with Crippen molar-refractivity contribution in [2.75, 3.05) is 0 Å². The summed E-state index contributed by atoms with van der Waals surface area (Å²) < 4.78 is 55.2. The van der Waals surface area contributed by atoms with Crippen molar-refractivity contribution in [3.8, 4) is 0 Å². The summed E-state index contributed by atoms with van der Waals surface area (Å²) >= 11 is 5.84. The number of rotatable bonds is 6. The minimum atomic E-state index is -4.64. The quantitative estimate of drug-likeness (QED) is 0.622. The second kappa shape index (κ2) is 7.24. The Bertz CT molecular complexity index is 1130. The standard InChI is InChI=1S/C17H13ClF2N2O4S/c18-15-8-7-14-13(21-15)9-10(3-1-6-16(23)24)22(14)27(25,26)17-11(19)4-2-5-12(17)20/h2,4-5,7-9H,1,3,6H2,(H,23,24). The van der Waals surface area contributed by atoms with Crippen molar-refractivity contribution in [2.24, 2.45) is 0 Å². The van der Waals surface area contributed by atoms with Crippen molar-refractivity contribution >= 4 is 38.6 Å². The Kier molecular flexibility index (Phi) is 5.16. The molecule has 2 heterocycles. The zero-order chi connectivity index (χ0) is 19.8. The summed E-state index contributed by atoms with van der Waals surface area (Å²) in [6.07, 6.45) is -0.00589. The van der Waals surface area contributed by atoms with Crippen LogP contribution in [0.4, 0.5) is 8.78 Å². The molecule has 142 valence electrons. The molecule has 0 amide bonds. The zero-order valence-corrected chi connectivity index (χ0v) is 15.3. The molecule has 0 radical (unpaired) electrons. The predicted molar refractivity (Wildman–Crippen MR) is 94.3 cm³/mol. The monoisotopic (exact) mass is 414 g/mol. The Labute approximate surface area is 158 Å². The van der Waals surface area contributed by atoms with Gasteiger partial charge in [0.05, 0.1) is 11.0 Å². The summed E-state index contributed by atoms with van der Waals surface area (Å²) in [5.74, 6) is -3.49. The summed E-state index contributed by atoms with van der Waals surface area (Å²) in [4.78, 5) is 13.7. The lowest BCUT2D eigenvalue weighted by Crippen LogP contribution is -2.18. The zero-order valence-electron chi connectivity index (χ0n) is 13.7. The molecule has 2 aromatic heterocycles. The normalized spacial score (nSPS) is 11.8. The second-order valence-electron chi connectivity index (χ2n) is 5.74. The molecule has 1 N–H and O–H groups in total. The molecule has 0 atom stereocenters. The van der Waals surface area contributed by atoms with Crippen molar-refractivity contribution in [1.29, 1.82) is 0 Å². The van der Waals surface area contributed by atoms with Gasteiger partial charge in [0.1, 0.15) is 16.8 Å². The van der Waals surface area contributed by atoms with Gasteiger partial charge in [-0.15, -0.1) is 0 Å². The number of nitrogens with zero attached hydrogens (tertiary/aromatic N) is 2. The number of carbonyl (C=O) groups is 1. The van der Waals surface area contributed by atoms with Crippen molar-refractivity contribution in [3.63, 3.8) is 0 Å². The Balaban J connectivity index is 2.23. The van der Waals surface area contributed by atoms with Gasteiger partial charge in [-0.2, -0.15) is 0 Å². The topological polar surface area (TPSA) is 89.3 Å². The van der Waals surface area contributed by atoms with E-state index in [1.807, 2.05) is 0 Å². The highest BCUT2D eigenvalue weighted by atomic mass is 35.5. The smallest absolute Gasteiger partial charge is 0.303 e. The summed E-state index contributed by atoms with van der Waals surface area (Å²) in [6.45, 7) is 0. The Hall–Kier alpha value is -2.52. The maximum atomic E-state index is 14.1. The highest BCUT2D eigenvalue weighted by molar-refractivity contribution is 7.90. The lowest BCUT2D eigenvalue weighted by atomic mass is 10.2. The van der Waals surface area contributed by atoms with E-state index in [9.17, 15) is 22.0 Å². The third-order valence-corrected chi connectivity index (χ3v) is 5.92. The van der Waals surface area contributed by atoms with Gasteiger partial charge in [-0.25, -0.2) is 26.2 Å². The van der Waals surface area contributed by atoms with Crippen LogP contribution in [0, 0.1) is 11.6 Å². The molecule has 0 spiro atoms. The molecule has 3 rings (SSSR count). The average Bonchev–Trinajstić information content (AvgIpc) is 2.92. The molecular formula is C17H13ClF2N2O4S. The van der Waals surface area contributed by atoms with Gasteiger partial charge in [-0.1, -0.05) is 17.7 Å². The second-order valence-corrected chi connectivity index (χ2v) is 7.85. The molecule has 0 aliphatic rings. The van der Waals surface area contributed by atoms with E-state index in [1.165, 1.54) is 18.2 Å². The molecule has 1 aromatic carbocycles. The molecule has 0 saturated carbocycles. The molecule has 0 fully saturated rings. The SMILES string of the molecule is O=C(O)CCCc1cc2nc(Cl)ccc2n1S(=O)(=O)c1c(F)cccc1F. The van der Waals surface area contributed by atoms with Gasteiger partial charge in [0.15, 0.2) is 4.90 Å². The largest absolute Gasteiger partial charge is 0.481 e. The first-order valence-corrected chi connectivity index (χ1v) is 9.62. The molecule has 3 aromatic rings. The van der Waals surface area contributed by atoms with Crippen molar-refractivity contribution in [2.45, 2.75) is 24.2 Å². The van der Waals surface area contributed by atoms with Crippen LogP contribution in [0.2, 0.25) is 5.15 Å². The van der Waals surface area contributed by atoms with Gasteiger partial charge in [-0.3, -0.25) is 4.79 Å². The van der Waals surface area contributed by atoms with E-state index >= 15 is 0 Å². The molecule has 0 aliphatic carbocycles. The predicted octanol–water partition coefficient (Wildman–Crippen LogP) is 3.61. The van der Waals surface area contributed by atoms with E-state index in [-0.39, 0.29) is 41.1 Å². The molecule has 6 nitrogen and oxygen atoms in total. The molecule has 0 unspecified atom stereocenters. The van der Waals surface area contributed by atoms with E-state index in [0.29, 0.717) is 0 Å². The third kappa shape index (κ3) is 3.65. The van der Waals surface area contributed by atoms with Gasteiger partial charge in [0.25, 0.3) is 10.0 Å². The Morgan fingerprint density at radius 1 is 1.19 bits per heavy atom. The summed E-state index contributed by atoms with van der Waals surface area (Å²) in [7, 11) is -4.64. The van der Waals surface area contributed by atoms with E-state index < -0.39 is 32.5 Å². The van der Waals surface area contributed by atoms with Gasteiger partial charge < -0.3 is 5.11 Å². The number of hydrogen-bond acceptors (Lipinski definition) is 4. The van der Waals surface area contributed by atoms with Gasteiger partial charge in [-0.05, 0) is 43.2 Å². The van der Waals surface area contributed by atoms with Crippen LogP contribution >= 0.6 is 11.6 Å². The first-order chi connectivity index (χ1) is 12.7. The number of benzene rings is 1. The summed E-state index contributed by atoms with van der Waals surface area (Å²) in [6, 6.07) is 6.91. The minimum Gasteiger partial charge on any atom is -0.481 e. The van der Waals surface area contributed by atoms with Crippen LogP contribution < -0.4 is 0 Å². The Morgan fingerprint density at radius 3 is 2.48 bits per heavy atom. The van der Waals surface area contributed by atoms with E-state index in [2.05, 4.69) is 4.98 Å². The Morgan fingerprint density at radius 2 is 1.85 bits per heavy atom. The van der Waals surface area contributed by atoms with Crippen LogP contribution in [0.5, 0.6) is 0 Å². The number of pyridine rings is 1. The first kappa shape index (κ1) is 19.2. The van der Waals surface area contributed by atoms with Crippen molar-refractivity contribution in [1.82, 2.24) is 8.96 Å². The number of aromatic nitrogens is 2. The molecule has 27 heavy (non-hydrogen) atoms. The molecule has 10 heteroatoms. The summed E-state index contributed by atoms with van der Waals surface area (Å²) in [5, 5.41) is 8.91. The lowest BCUT2D eigenvalue weighted by molar-refractivity contribution is -0.137. The van der Waals surface area contributed by atoms with Crippen LogP contribution in [-0.4, -0.2) is 28.5 Å². The fraction of sp³-hybridized carbons (Fsp3) is 0.176. The van der Waals surface area contributed by atoms with Crippen LogP contribution in [-0.2, 0) is 21.2 Å². The van der Waals surface area contributed by atoms with Crippen LogP contribution in [0.3, 0.4) is 0 Å². The highest BCUT2D eigenvalue weighted by Crippen LogP contribution is 2.29. The third-order valence-electron chi connectivity index (χ3n) is 3.89. The highest BCUT2D eigenvalue weighted by Gasteiger charge is 2.29. The first-order valence-electron chi connectivity index (χ1n) is 7.80. The fourth-order valence-corrected chi connectivity index (χ4v) is 4.62. The maximum Gasteiger partial charge on any atom is 0.303 e. The summed E-state index contributed by atoms with van der Waals surface area (Å²) in [5.41, 5.74) is 0.462. The fourth-order valence-electron chi connectivity index (χ4n) is 2.79. The molecule has 0 bridgehead atoms. The lowest BCUT2D eigenvalue weighted by Gasteiger charge is -2.13. The number of fused-ring (bicyclic) bond motifs is 1. The van der Waals surface area contributed by atoms with E-state index in [0.717, 1.165) is 22.2 Å². The van der Waals surface area contributed by atoms with Gasteiger partial charge >= 0.3 is 5.97 Å². The van der Waals surface area contributed by atoms with Gasteiger partial charge in [0, 0.05) is 12.1 Å². The number of aliphatic carboxylic acids is 1. The van der Waals surface area contributed by atoms with E-state index in [4.69, 9.17) is 16.7 Å². The van der Waals surface area contributed by atoms with Gasteiger partial charge in [0.2, 0.25) is 0 Å². The number of hydrogen-bond donors (Lipinski definition) is 1. The molecule has 0 saturated heterocycles.